The van der Waals surface area contributed by atoms with E-state index in [1.165, 1.54) is 6.07 Å². The molecule has 46 heavy (non-hydrogen) atoms. The van der Waals surface area contributed by atoms with E-state index in [1.807, 2.05) is 84.9 Å². The average molecular weight is 631 g/mol. The van der Waals surface area contributed by atoms with Crippen molar-refractivity contribution in [1.82, 2.24) is 0 Å². The lowest BCUT2D eigenvalue weighted by Crippen LogP contribution is -2.57. The molecule has 0 spiro atoms. The predicted octanol–water partition coefficient (Wildman–Crippen LogP) is 6.57. The topological polar surface area (TPSA) is 92.7 Å². The van der Waals surface area contributed by atoms with Crippen molar-refractivity contribution in [3.63, 3.8) is 0 Å². The van der Waals surface area contributed by atoms with Crippen LogP contribution in [0.15, 0.2) is 103 Å². The summed E-state index contributed by atoms with van der Waals surface area (Å²) in [5.74, 6) is 0.347. The molecule has 0 saturated carbocycles. The van der Waals surface area contributed by atoms with Gasteiger partial charge in [0, 0.05) is 6.42 Å². The molecule has 4 aromatic carbocycles. The minimum atomic E-state index is -1.23. The summed E-state index contributed by atoms with van der Waals surface area (Å²) in [6, 6.07) is 31.5. The molecule has 9 heteroatoms. The van der Waals surface area contributed by atoms with Gasteiger partial charge in [0.05, 0.1) is 26.9 Å². The van der Waals surface area contributed by atoms with Gasteiger partial charge >= 0.3 is 6.16 Å². The van der Waals surface area contributed by atoms with Crippen molar-refractivity contribution in [3.8, 4) is 5.75 Å². The van der Waals surface area contributed by atoms with Crippen LogP contribution in [0.2, 0.25) is 0 Å². The fourth-order valence-electron chi connectivity index (χ4n) is 5.42. The number of carbonyl (C=O) groups is 1. The number of aliphatic hydroxyl groups is 1. The van der Waals surface area contributed by atoms with Gasteiger partial charge in [0.2, 0.25) is 0 Å². The Kier molecular flexibility index (Phi) is 11.7. The van der Waals surface area contributed by atoms with E-state index in [9.17, 15) is 9.90 Å². The zero-order chi connectivity index (χ0) is 32.3. The fraction of sp³-hybridized carbons (Fsp3) is 0.324. The summed E-state index contributed by atoms with van der Waals surface area (Å²) in [6.45, 7) is 1.93. The summed E-state index contributed by atoms with van der Waals surface area (Å²) >= 11 is 0. The number of ether oxygens (including phenoxy) is 6. The van der Waals surface area contributed by atoms with Crippen LogP contribution >= 0.6 is 0 Å². The Morgan fingerprint density at radius 2 is 1.43 bits per heavy atom. The second-order valence-corrected chi connectivity index (χ2v) is 11.0. The molecule has 1 N–H and O–H groups in total. The average Bonchev–Trinajstić information content (AvgIpc) is 3.09. The van der Waals surface area contributed by atoms with Gasteiger partial charge in [0.1, 0.15) is 48.7 Å². The third-order valence-corrected chi connectivity index (χ3v) is 7.81. The van der Waals surface area contributed by atoms with Crippen molar-refractivity contribution in [1.29, 1.82) is 0 Å². The Bertz CT molecular complexity index is 1520. The molecule has 1 saturated heterocycles. The molecule has 0 bridgehead atoms. The number of hydrogen-bond acceptors (Lipinski definition) is 8. The monoisotopic (exact) mass is 630 g/mol. The van der Waals surface area contributed by atoms with E-state index in [0.717, 1.165) is 16.7 Å². The van der Waals surface area contributed by atoms with Gasteiger partial charge in [-0.15, -0.1) is 0 Å². The number of aliphatic hydroxyl groups excluding tert-OH is 1. The SMILES string of the molecule is CCOC(=O)OCC1OC(c2ccc(F)c(Cc3ccc(OC)cc3)c2)C(OCc2ccccc2)C(OCc2ccccc2)C1O. The molecule has 0 radical (unpaired) electrons. The molecular formula is C37H39FO8. The number of methoxy groups -OCH3 is 1. The normalized spacial score (nSPS) is 21.0. The van der Waals surface area contributed by atoms with E-state index in [4.69, 9.17) is 28.4 Å². The third kappa shape index (κ3) is 8.70. The lowest BCUT2D eigenvalue weighted by Gasteiger charge is -2.44. The second-order valence-electron chi connectivity index (χ2n) is 11.0. The van der Waals surface area contributed by atoms with Crippen molar-refractivity contribution < 1.29 is 42.7 Å². The maximum atomic E-state index is 15.2. The van der Waals surface area contributed by atoms with Gasteiger partial charge in [0.25, 0.3) is 0 Å². The Morgan fingerprint density at radius 1 is 0.804 bits per heavy atom. The molecule has 8 nitrogen and oxygen atoms in total. The van der Waals surface area contributed by atoms with Crippen LogP contribution in [0.25, 0.3) is 0 Å². The number of halogens is 1. The van der Waals surface area contributed by atoms with Crippen LogP contribution in [0.5, 0.6) is 5.75 Å². The first-order valence-electron chi connectivity index (χ1n) is 15.3. The van der Waals surface area contributed by atoms with E-state index >= 15 is 4.39 Å². The Balaban J connectivity index is 1.48. The number of benzene rings is 4. The van der Waals surface area contributed by atoms with Crippen LogP contribution < -0.4 is 4.74 Å². The summed E-state index contributed by atoms with van der Waals surface area (Å²) in [7, 11) is 1.59. The minimum Gasteiger partial charge on any atom is -0.497 e. The van der Waals surface area contributed by atoms with Crippen molar-refractivity contribution in [2.24, 2.45) is 0 Å². The van der Waals surface area contributed by atoms with Crippen molar-refractivity contribution in [3.05, 3.63) is 137 Å². The molecule has 1 aliphatic rings. The van der Waals surface area contributed by atoms with Gasteiger partial charge in [-0.05, 0) is 59.0 Å². The third-order valence-electron chi connectivity index (χ3n) is 7.81. The van der Waals surface area contributed by atoms with E-state index < -0.39 is 36.7 Å². The van der Waals surface area contributed by atoms with Gasteiger partial charge in [0.15, 0.2) is 0 Å². The number of rotatable bonds is 13. The molecule has 0 aromatic heterocycles. The summed E-state index contributed by atoms with van der Waals surface area (Å²) in [6.07, 6.45) is -5.26. The van der Waals surface area contributed by atoms with Gasteiger partial charge in [-0.1, -0.05) is 78.9 Å². The molecule has 5 rings (SSSR count). The van der Waals surface area contributed by atoms with Gasteiger partial charge in [-0.3, -0.25) is 0 Å². The van der Waals surface area contributed by atoms with Crippen LogP contribution in [0, 0.1) is 5.82 Å². The van der Waals surface area contributed by atoms with Crippen LogP contribution in [-0.2, 0) is 43.3 Å². The Morgan fingerprint density at radius 3 is 2.04 bits per heavy atom. The molecule has 4 aromatic rings. The number of hydrogen-bond donors (Lipinski definition) is 1. The maximum absolute atomic E-state index is 15.2. The van der Waals surface area contributed by atoms with E-state index in [0.29, 0.717) is 23.3 Å². The minimum absolute atomic E-state index is 0.139. The Hall–Kier alpha value is -4.28. The highest BCUT2D eigenvalue weighted by molar-refractivity contribution is 5.59. The second kappa shape index (κ2) is 16.3. The molecule has 5 unspecified atom stereocenters. The smallest absolute Gasteiger partial charge is 0.497 e. The van der Waals surface area contributed by atoms with Crippen molar-refractivity contribution in [2.45, 2.75) is 57.1 Å². The summed E-state index contributed by atoms with van der Waals surface area (Å²) < 4.78 is 50.0. The van der Waals surface area contributed by atoms with Crippen molar-refractivity contribution in [2.75, 3.05) is 20.3 Å². The fourth-order valence-corrected chi connectivity index (χ4v) is 5.42. The standard InChI is InChI=1S/C37H39FO8/c1-3-42-37(40)45-24-32-33(39)35(43-22-26-10-6-4-7-11-26)36(44-23-27-12-8-5-9-13-27)34(46-32)28-16-19-31(38)29(21-28)20-25-14-17-30(41-2)18-15-25/h4-19,21,32-36,39H,3,20,22-24H2,1-2H3. The van der Waals surface area contributed by atoms with Crippen LogP contribution in [0.3, 0.4) is 0 Å². The first kappa shape index (κ1) is 33.1. The maximum Gasteiger partial charge on any atom is 0.508 e. The molecule has 0 aliphatic carbocycles. The quantitative estimate of drug-likeness (QED) is 0.166. The highest BCUT2D eigenvalue weighted by Crippen LogP contribution is 2.38. The summed E-state index contributed by atoms with van der Waals surface area (Å²) in [5, 5.41) is 11.6. The van der Waals surface area contributed by atoms with Crippen LogP contribution in [0.1, 0.15) is 40.8 Å². The molecule has 5 atom stereocenters. The largest absolute Gasteiger partial charge is 0.508 e. The molecule has 1 aliphatic heterocycles. The predicted molar refractivity (Wildman–Crippen MR) is 169 cm³/mol. The first-order valence-corrected chi connectivity index (χ1v) is 15.3. The highest BCUT2D eigenvalue weighted by atomic mass is 19.1. The molecule has 1 heterocycles. The highest BCUT2D eigenvalue weighted by Gasteiger charge is 2.48. The van der Waals surface area contributed by atoms with Gasteiger partial charge < -0.3 is 33.5 Å². The Labute approximate surface area is 268 Å². The molecule has 0 amide bonds. The molecule has 1 fully saturated rings. The van der Waals surface area contributed by atoms with Gasteiger partial charge in [-0.2, -0.15) is 0 Å². The lowest BCUT2D eigenvalue weighted by molar-refractivity contribution is -0.260. The van der Waals surface area contributed by atoms with E-state index in [2.05, 4.69) is 0 Å². The molecular weight excluding hydrogens is 591 g/mol. The van der Waals surface area contributed by atoms with E-state index in [1.54, 1.807) is 26.2 Å². The zero-order valence-electron chi connectivity index (χ0n) is 25.9. The zero-order valence-corrected chi connectivity index (χ0v) is 25.9. The van der Waals surface area contributed by atoms with Gasteiger partial charge in [-0.25, -0.2) is 9.18 Å². The summed E-state index contributed by atoms with van der Waals surface area (Å²) in [4.78, 5) is 12.1. The lowest BCUT2D eigenvalue weighted by atomic mass is 9.89. The number of carbonyl (C=O) groups excluding carboxylic acids is 1. The van der Waals surface area contributed by atoms with Crippen molar-refractivity contribution >= 4 is 6.16 Å². The summed E-state index contributed by atoms with van der Waals surface area (Å²) in [5.41, 5.74) is 3.81. The first-order chi connectivity index (χ1) is 22.4. The van der Waals surface area contributed by atoms with E-state index in [-0.39, 0.29) is 32.2 Å². The van der Waals surface area contributed by atoms with Crippen LogP contribution in [-0.4, -0.2) is 56.0 Å². The molecule has 242 valence electrons. The van der Waals surface area contributed by atoms with Crippen LogP contribution in [0.4, 0.5) is 9.18 Å².